The third kappa shape index (κ3) is 4.50. The number of hydrogen-bond acceptors (Lipinski definition) is 5. The minimum absolute atomic E-state index is 0.248. The summed E-state index contributed by atoms with van der Waals surface area (Å²) in [5.41, 5.74) is 3.91. The van der Waals surface area contributed by atoms with Crippen LogP contribution in [0, 0.1) is 0 Å². The van der Waals surface area contributed by atoms with Gasteiger partial charge in [-0.1, -0.05) is 77.4 Å². The predicted molar refractivity (Wildman–Crippen MR) is 134 cm³/mol. The number of carbonyl (C=O) groups is 1. The summed E-state index contributed by atoms with van der Waals surface area (Å²) in [5, 5.41) is 7.90. The molecule has 0 radical (unpaired) electrons. The molecule has 7 nitrogen and oxygen atoms in total. The van der Waals surface area contributed by atoms with Crippen molar-refractivity contribution in [1.29, 1.82) is 0 Å². The molecule has 176 valence electrons. The predicted octanol–water partition coefficient (Wildman–Crippen LogP) is 6.10. The number of rotatable bonds is 6. The maximum absolute atomic E-state index is 13.3. The van der Waals surface area contributed by atoms with E-state index in [0.29, 0.717) is 40.3 Å². The number of ether oxygens (including phenoxy) is 1. The number of allylic oxidation sites excluding steroid dienone is 1. The minimum atomic E-state index is -0.510. The lowest BCUT2D eigenvalue weighted by Crippen LogP contribution is -2.45. The molecule has 5 rings (SSSR count). The van der Waals surface area contributed by atoms with E-state index in [1.165, 1.54) is 0 Å². The van der Waals surface area contributed by atoms with Crippen LogP contribution in [0.15, 0.2) is 89.1 Å². The van der Waals surface area contributed by atoms with E-state index in [-0.39, 0.29) is 6.03 Å². The molecule has 0 bridgehead atoms. The van der Waals surface area contributed by atoms with E-state index in [0.717, 1.165) is 16.7 Å². The van der Waals surface area contributed by atoms with Crippen LogP contribution in [-0.2, 0) is 6.54 Å². The summed E-state index contributed by atoms with van der Waals surface area (Å²) in [6.07, 6.45) is 0. The third-order valence-corrected chi connectivity index (χ3v) is 6.37. The lowest BCUT2D eigenvalue weighted by Gasteiger charge is -2.35. The van der Waals surface area contributed by atoms with Crippen LogP contribution in [0.1, 0.15) is 30.0 Å². The van der Waals surface area contributed by atoms with Crippen LogP contribution in [0.3, 0.4) is 0 Å². The van der Waals surface area contributed by atoms with Gasteiger partial charge in [-0.15, -0.1) is 0 Å². The lowest BCUT2D eigenvalue weighted by molar-refractivity contribution is 0.203. The highest BCUT2D eigenvalue weighted by atomic mass is 35.5. The Kier molecular flexibility index (Phi) is 6.25. The molecule has 1 aliphatic heterocycles. The highest BCUT2D eigenvalue weighted by Crippen LogP contribution is 2.39. The van der Waals surface area contributed by atoms with Gasteiger partial charge in [-0.3, -0.25) is 4.90 Å². The molecule has 1 aromatic heterocycles. The molecule has 0 spiro atoms. The van der Waals surface area contributed by atoms with Crippen molar-refractivity contribution in [3.05, 3.63) is 107 Å². The van der Waals surface area contributed by atoms with Gasteiger partial charge in [-0.2, -0.15) is 4.98 Å². The smallest absolute Gasteiger partial charge is 0.322 e. The maximum Gasteiger partial charge on any atom is 0.322 e. The molecule has 0 saturated heterocycles. The first-order valence-corrected chi connectivity index (χ1v) is 11.5. The first kappa shape index (κ1) is 22.7. The largest absolute Gasteiger partial charge is 0.497 e. The van der Waals surface area contributed by atoms with Crippen LogP contribution in [0.4, 0.5) is 4.79 Å². The molecule has 0 aliphatic carbocycles. The van der Waals surface area contributed by atoms with Gasteiger partial charge in [0.2, 0.25) is 5.82 Å². The van der Waals surface area contributed by atoms with E-state index >= 15 is 0 Å². The number of aromatic nitrogens is 2. The Balaban J connectivity index is 1.62. The molecule has 8 heteroatoms. The quantitative estimate of drug-likeness (QED) is 0.356. The second-order valence-corrected chi connectivity index (χ2v) is 8.53. The standard InChI is InChI=1S/C27H23ClN4O3/c1-17-23(26-30-25(31-35-26)18-9-4-3-5-10-18)24(19-12-8-13-21(15-19)34-2)29-27(33)32(17)16-20-11-6-7-14-22(20)28/h3-15,24H,16H2,1-2H3,(H,29,33). The Hall–Kier alpha value is -4.10. The zero-order chi connectivity index (χ0) is 24.4. The van der Waals surface area contributed by atoms with Gasteiger partial charge < -0.3 is 14.6 Å². The lowest BCUT2D eigenvalue weighted by atomic mass is 9.94. The Morgan fingerprint density at radius 1 is 1.06 bits per heavy atom. The number of halogens is 1. The van der Waals surface area contributed by atoms with Crippen molar-refractivity contribution in [3.63, 3.8) is 0 Å². The second-order valence-electron chi connectivity index (χ2n) is 8.12. The molecule has 1 atom stereocenters. The molecule has 0 fully saturated rings. The fourth-order valence-corrected chi connectivity index (χ4v) is 4.35. The molecule has 1 unspecified atom stereocenters. The van der Waals surface area contributed by atoms with Crippen molar-refractivity contribution in [1.82, 2.24) is 20.4 Å². The van der Waals surface area contributed by atoms with E-state index in [1.54, 1.807) is 12.0 Å². The number of nitrogens with zero attached hydrogens (tertiary/aromatic N) is 3. The summed E-state index contributed by atoms with van der Waals surface area (Å²) in [5.74, 6) is 1.49. The van der Waals surface area contributed by atoms with Crippen molar-refractivity contribution in [3.8, 4) is 17.1 Å². The zero-order valence-corrected chi connectivity index (χ0v) is 20.0. The van der Waals surface area contributed by atoms with Crippen LogP contribution in [0.25, 0.3) is 17.0 Å². The first-order chi connectivity index (χ1) is 17.0. The van der Waals surface area contributed by atoms with Gasteiger partial charge in [0.1, 0.15) is 5.75 Å². The molecule has 1 N–H and O–H groups in total. The summed E-state index contributed by atoms with van der Waals surface area (Å²) < 4.78 is 11.2. The van der Waals surface area contributed by atoms with Crippen molar-refractivity contribution in [2.75, 3.05) is 7.11 Å². The SMILES string of the molecule is COc1cccc(C2NC(=O)N(Cc3ccccc3Cl)C(C)=C2c2nc(-c3ccccc3)no2)c1. The second kappa shape index (κ2) is 9.64. The van der Waals surface area contributed by atoms with Gasteiger partial charge in [-0.05, 0) is 36.2 Å². The zero-order valence-electron chi connectivity index (χ0n) is 19.2. The average molecular weight is 487 g/mol. The number of nitrogens with one attached hydrogen (secondary N) is 1. The third-order valence-electron chi connectivity index (χ3n) is 6.00. The van der Waals surface area contributed by atoms with E-state index in [2.05, 4.69) is 15.5 Å². The summed E-state index contributed by atoms with van der Waals surface area (Å²) in [6, 6.07) is 23.9. The molecule has 4 aromatic rings. The van der Waals surface area contributed by atoms with Gasteiger partial charge >= 0.3 is 6.03 Å². The minimum Gasteiger partial charge on any atom is -0.497 e. The van der Waals surface area contributed by atoms with Gasteiger partial charge in [0, 0.05) is 16.3 Å². The average Bonchev–Trinajstić information content (AvgIpc) is 3.37. The fourth-order valence-electron chi connectivity index (χ4n) is 4.15. The molecule has 2 heterocycles. The number of urea groups is 1. The molecular formula is C27H23ClN4O3. The van der Waals surface area contributed by atoms with Crippen LogP contribution in [0.5, 0.6) is 5.75 Å². The highest BCUT2D eigenvalue weighted by Gasteiger charge is 2.36. The van der Waals surface area contributed by atoms with Gasteiger partial charge in [0.05, 0.1) is 25.3 Å². The van der Waals surface area contributed by atoms with Gasteiger partial charge in [0.15, 0.2) is 0 Å². The summed E-state index contributed by atoms with van der Waals surface area (Å²) in [4.78, 5) is 19.6. The molecule has 35 heavy (non-hydrogen) atoms. The number of methoxy groups -OCH3 is 1. The first-order valence-electron chi connectivity index (χ1n) is 11.1. The summed E-state index contributed by atoms with van der Waals surface area (Å²) >= 11 is 6.39. The Labute approximate surface area is 208 Å². The summed E-state index contributed by atoms with van der Waals surface area (Å²) in [7, 11) is 1.61. The topological polar surface area (TPSA) is 80.5 Å². The van der Waals surface area contributed by atoms with Crippen molar-refractivity contribution in [2.24, 2.45) is 0 Å². The number of hydrogen-bond donors (Lipinski definition) is 1. The van der Waals surface area contributed by atoms with Crippen molar-refractivity contribution >= 4 is 23.2 Å². The van der Waals surface area contributed by atoms with Crippen molar-refractivity contribution < 1.29 is 14.1 Å². The molecule has 3 aromatic carbocycles. The Bertz CT molecular complexity index is 1400. The van der Waals surface area contributed by atoms with Crippen LogP contribution >= 0.6 is 11.6 Å². The van der Waals surface area contributed by atoms with E-state index < -0.39 is 6.04 Å². The van der Waals surface area contributed by atoms with Crippen LogP contribution < -0.4 is 10.1 Å². The van der Waals surface area contributed by atoms with E-state index in [1.807, 2.05) is 85.8 Å². The normalized spacial score (nSPS) is 15.8. The molecule has 0 saturated carbocycles. The number of benzene rings is 3. The Morgan fingerprint density at radius 2 is 1.83 bits per heavy atom. The maximum atomic E-state index is 13.3. The van der Waals surface area contributed by atoms with Gasteiger partial charge in [-0.25, -0.2) is 4.79 Å². The summed E-state index contributed by atoms with van der Waals surface area (Å²) in [6.45, 7) is 2.18. The molecule has 2 amide bonds. The Morgan fingerprint density at radius 3 is 2.60 bits per heavy atom. The molecule has 1 aliphatic rings. The number of carbonyl (C=O) groups excluding carboxylic acids is 1. The monoisotopic (exact) mass is 486 g/mol. The fraction of sp³-hybridized carbons (Fsp3) is 0.148. The van der Waals surface area contributed by atoms with Crippen LogP contribution in [-0.4, -0.2) is 28.2 Å². The number of amides is 2. The van der Waals surface area contributed by atoms with Gasteiger partial charge in [0.25, 0.3) is 5.89 Å². The van der Waals surface area contributed by atoms with E-state index in [9.17, 15) is 4.79 Å². The highest BCUT2D eigenvalue weighted by molar-refractivity contribution is 6.31. The van der Waals surface area contributed by atoms with E-state index in [4.69, 9.17) is 20.9 Å². The van der Waals surface area contributed by atoms with Crippen LogP contribution in [0.2, 0.25) is 5.02 Å². The van der Waals surface area contributed by atoms with Crippen molar-refractivity contribution in [2.45, 2.75) is 19.5 Å². The molecular weight excluding hydrogens is 464 g/mol.